The van der Waals surface area contributed by atoms with Crippen LogP contribution < -0.4 is 5.73 Å². The van der Waals surface area contributed by atoms with Gasteiger partial charge in [-0.15, -0.1) is 0 Å². The molecular formula is C12H30BNO5P2. The summed E-state index contributed by atoms with van der Waals surface area (Å²) in [7, 11) is -3.96. The molecule has 21 heavy (non-hydrogen) atoms. The minimum Gasteiger partial charge on any atom is -0.360 e. The van der Waals surface area contributed by atoms with E-state index < -0.39 is 13.4 Å². The quantitative estimate of drug-likeness (QED) is 0.416. The van der Waals surface area contributed by atoms with Crippen LogP contribution in [0.5, 0.6) is 0 Å². The smallest absolute Gasteiger partial charge is 0.360 e. The monoisotopic (exact) mass is 341 g/mol. The molecule has 4 N–H and O–H groups in total. The molecule has 0 fully saturated rings. The zero-order chi connectivity index (χ0) is 16.9. The summed E-state index contributed by atoms with van der Waals surface area (Å²) in [4.78, 5) is 17.8. The molecular weight excluding hydrogens is 311 g/mol. The topological polar surface area (TPSA) is 102 Å². The van der Waals surface area contributed by atoms with Crippen LogP contribution in [-0.4, -0.2) is 48.6 Å². The molecule has 0 aromatic carbocycles. The van der Waals surface area contributed by atoms with Crippen molar-refractivity contribution in [2.75, 3.05) is 19.9 Å². The Balaban J connectivity index is 4.25. The van der Waals surface area contributed by atoms with Gasteiger partial charge in [-0.25, -0.2) is 4.57 Å². The fraction of sp³-hybridized carbons (Fsp3) is 1.00. The van der Waals surface area contributed by atoms with Crippen molar-refractivity contribution in [3.05, 3.63) is 0 Å². The highest BCUT2D eigenvalue weighted by molar-refractivity contribution is 7.50. The van der Waals surface area contributed by atoms with Crippen LogP contribution in [0.25, 0.3) is 0 Å². The van der Waals surface area contributed by atoms with E-state index in [1.807, 2.05) is 0 Å². The van der Waals surface area contributed by atoms with Gasteiger partial charge in [0.25, 0.3) is 0 Å². The van der Waals surface area contributed by atoms with Gasteiger partial charge in [-0.1, -0.05) is 20.2 Å². The molecule has 0 spiro atoms. The van der Waals surface area contributed by atoms with Crippen LogP contribution in [0.2, 0.25) is 11.6 Å². The van der Waals surface area contributed by atoms with Crippen molar-refractivity contribution in [1.29, 1.82) is 0 Å². The van der Waals surface area contributed by atoms with Gasteiger partial charge in [-0.2, -0.15) is 0 Å². The van der Waals surface area contributed by atoms with Crippen molar-refractivity contribution in [2.45, 2.75) is 57.4 Å². The van der Waals surface area contributed by atoms with E-state index in [2.05, 4.69) is 27.2 Å². The summed E-state index contributed by atoms with van der Waals surface area (Å²) in [5.74, 6) is 0. The molecule has 0 aromatic rings. The number of phosphoric acid groups is 1. The van der Waals surface area contributed by atoms with Gasteiger partial charge in [0.2, 0.25) is 0 Å². The first-order chi connectivity index (χ1) is 9.22. The number of hydrogen-bond acceptors (Lipinski definition) is 4. The van der Waals surface area contributed by atoms with E-state index >= 15 is 0 Å². The van der Waals surface area contributed by atoms with E-state index in [-0.39, 0.29) is 19.5 Å². The maximum Gasteiger partial charge on any atom is 0.470 e. The van der Waals surface area contributed by atoms with Crippen LogP contribution in [0.3, 0.4) is 0 Å². The Hall–Kier alpha value is 0.525. The fourth-order valence-corrected chi connectivity index (χ4v) is 3.37. The van der Waals surface area contributed by atoms with E-state index in [1.54, 1.807) is 13.8 Å². The zero-order valence-electron chi connectivity index (χ0n) is 14.0. The van der Waals surface area contributed by atoms with E-state index in [0.717, 1.165) is 13.6 Å². The van der Waals surface area contributed by atoms with E-state index in [1.165, 1.54) is 0 Å². The fourth-order valence-electron chi connectivity index (χ4n) is 2.04. The molecule has 0 aliphatic carbocycles. The number of phosphoric ester groups is 1. The molecule has 0 amide bonds. The SMILES string of the molecule is CP(C)OCC(C)(C)BCC(N)CC(C)(C)OP(=O)(O)O. The van der Waals surface area contributed by atoms with Gasteiger partial charge in [0.1, 0.15) is 7.28 Å². The molecule has 1 unspecified atom stereocenters. The predicted molar refractivity (Wildman–Crippen MR) is 90.5 cm³/mol. The van der Waals surface area contributed by atoms with E-state index in [4.69, 9.17) is 24.6 Å². The second-order valence-corrected chi connectivity index (χ2v) is 10.1. The van der Waals surface area contributed by atoms with Crippen molar-refractivity contribution in [2.24, 2.45) is 5.73 Å². The lowest BCUT2D eigenvalue weighted by atomic mass is 9.51. The molecule has 9 heteroatoms. The first kappa shape index (κ1) is 21.5. The van der Waals surface area contributed by atoms with Crippen LogP contribution >= 0.6 is 16.0 Å². The molecule has 0 saturated carbocycles. The third kappa shape index (κ3) is 12.7. The molecule has 0 aromatic heterocycles. The predicted octanol–water partition coefficient (Wildman–Crippen LogP) is 2.32. The summed E-state index contributed by atoms with van der Waals surface area (Å²) < 4.78 is 21.4. The van der Waals surface area contributed by atoms with Crippen LogP contribution in [-0.2, 0) is 13.6 Å². The highest BCUT2D eigenvalue weighted by atomic mass is 31.2. The molecule has 126 valence electrons. The van der Waals surface area contributed by atoms with Crippen molar-refractivity contribution < 1.29 is 23.4 Å². The van der Waals surface area contributed by atoms with E-state index in [0.29, 0.717) is 13.0 Å². The van der Waals surface area contributed by atoms with Crippen LogP contribution in [0, 0.1) is 0 Å². The average Bonchev–Trinajstić information content (AvgIpc) is 2.20. The summed E-state index contributed by atoms with van der Waals surface area (Å²) in [6.07, 6.45) is 1.15. The Bertz CT molecular complexity index is 360. The van der Waals surface area contributed by atoms with Crippen molar-refractivity contribution in [1.82, 2.24) is 0 Å². The first-order valence-electron chi connectivity index (χ1n) is 7.05. The van der Waals surface area contributed by atoms with Gasteiger partial charge >= 0.3 is 7.82 Å². The number of nitrogens with two attached hydrogens (primary N) is 1. The van der Waals surface area contributed by atoms with Crippen LogP contribution in [0.1, 0.15) is 34.1 Å². The third-order valence-electron chi connectivity index (χ3n) is 3.03. The Kier molecular flexibility index (Phi) is 8.61. The minimum absolute atomic E-state index is 0.0402. The Morgan fingerprint density at radius 1 is 1.29 bits per heavy atom. The summed E-state index contributed by atoms with van der Waals surface area (Å²) in [5.41, 5.74) is 5.13. The van der Waals surface area contributed by atoms with Gasteiger partial charge < -0.3 is 20.0 Å². The number of hydrogen-bond donors (Lipinski definition) is 3. The molecule has 0 bridgehead atoms. The molecule has 0 rings (SSSR count). The van der Waals surface area contributed by atoms with Crippen LogP contribution in [0.15, 0.2) is 0 Å². The molecule has 0 radical (unpaired) electrons. The molecule has 6 nitrogen and oxygen atoms in total. The van der Waals surface area contributed by atoms with E-state index in [9.17, 15) is 4.57 Å². The lowest BCUT2D eigenvalue weighted by molar-refractivity contribution is 0.0537. The Morgan fingerprint density at radius 2 is 1.81 bits per heavy atom. The zero-order valence-corrected chi connectivity index (χ0v) is 15.8. The standard InChI is InChI=1S/C12H30BNO5P2/c1-11(2,9-18-20(5)6)13-8-10(14)7-12(3,4)19-21(15,16)17/h10,13H,7-9,14H2,1-6H3,(H2,15,16,17). The Morgan fingerprint density at radius 3 is 2.24 bits per heavy atom. The van der Waals surface area contributed by atoms with Crippen molar-refractivity contribution >= 4 is 23.3 Å². The summed E-state index contributed by atoms with van der Waals surface area (Å²) >= 11 is 0. The maximum atomic E-state index is 10.9. The summed E-state index contributed by atoms with van der Waals surface area (Å²) in [6, 6.07) is -0.171. The maximum absolute atomic E-state index is 10.9. The number of rotatable bonds is 10. The summed E-state index contributed by atoms with van der Waals surface area (Å²) in [5, 5.41) is 0.0402. The summed E-state index contributed by atoms with van der Waals surface area (Å²) in [6.45, 7) is 12.4. The second-order valence-electron chi connectivity index (χ2n) is 7.09. The van der Waals surface area contributed by atoms with Gasteiger partial charge in [0.05, 0.1) is 5.60 Å². The largest absolute Gasteiger partial charge is 0.470 e. The van der Waals surface area contributed by atoms with Crippen molar-refractivity contribution in [3.63, 3.8) is 0 Å². The molecule has 0 aliphatic heterocycles. The average molecular weight is 341 g/mol. The van der Waals surface area contributed by atoms with Gasteiger partial charge in [0.15, 0.2) is 0 Å². The van der Waals surface area contributed by atoms with Gasteiger partial charge in [-0.05, 0) is 45.0 Å². The highest BCUT2D eigenvalue weighted by Gasteiger charge is 2.31. The van der Waals surface area contributed by atoms with Crippen LogP contribution in [0.4, 0.5) is 0 Å². The molecule has 0 heterocycles. The third-order valence-corrected chi connectivity index (χ3v) is 4.40. The van der Waals surface area contributed by atoms with Gasteiger partial charge in [0, 0.05) is 14.8 Å². The first-order valence-corrected chi connectivity index (χ1v) is 10.7. The molecule has 0 saturated heterocycles. The normalized spacial score (nSPS) is 15.3. The molecule has 1 atom stereocenters. The molecule has 0 aliphatic rings. The highest BCUT2D eigenvalue weighted by Crippen LogP contribution is 2.42. The lowest BCUT2D eigenvalue weighted by Gasteiger charge is -2.30. The lowest BCUT2D eigenvalue weighted by Crippen LogP contribution is -2.36. The minimum atomic E-state index is -4.49. The second kappa shape index (κ2) is 8.40. The Labute approximate surface area is 130 Å². The van der Waals surface area contributed by atoms with Crippen molar-refractivity contribution in [3.8, 4) is 0 Å². The van der Waals surface area contributed by atoms with Gasteiger partial charge in [-0.3, -0.25) is 4.52 Å².